The molecule has 2 aromatic rings. The van der Waals surface area contributed by atoms with Gasteiger partial charge in [0.1, 0.15) is 22.0 Å². The Morgan fingerprint density at radius 2 is 2.14 bits per heavy atom. The molecule has 0 unspecified atom stereocenters. The Hall–Kier alpha value is -1.71. The number of hydrogen-bond donors (Lipinski definition) is 2. The normalized spacial score (nSPS) is 11.5. The minimum Gasteiger partial charge on any atom is -0.478 e. The Balaban J connectivity index is 2.15. The highest BCUT2D eigenvalue weighted by Crippen LogP contribution is 2.17. The van der Waals surface area contributed by atoms with Crippen LogP contribution in [0.3, 0.4) is 0 Å². The van der Waals surface area contributed by atoms with E-state index in [9.17, 15) is 13.2 Å². The number of aromatic nitrogens is 1. The number of furan rings is 1. The Labute approximate surface area is 129 Å². The lowest BCUT2D eigenvalue weighted by Gasteiger charge is -2.05. The second-order valence-electron chi connectivity index (χ2n) is 4.15. The molecule has 21 heavy (non-hydrogen) atoms. The van der Waals surface area contributed by atoms with E-state index < -0.39 is 16.0 Å². The van der Waals surface area contributed by atoms with E-state index in [2.05, 4.69) is 25.6 Å². The molecule has 9 heteroatoms. The minimum absolute atomic E-state index is 0.00129. The van der Waals surface area contributed by atoms with Crippen molar-refractivity contribution < 1.29 is 22.7 Å². The lowest BCUT2D eigenvalue weighted by molar-refractivity contribution is 0.0695. The summed E-state index contributed by atoms with van der Waals surface area (Å²) in [4.78, 5) is 14.7. The van der Waals surface area contributed by atoms with Gasteiger partial charge in [-0.25, -0.2) is 17.9 Å². The van der Waals surface area contributed by atoms with Crippen molar-refractivity contribution in [3.63, 3.8) is 0 Å². The van der Waals surface area contributed by atoms with Crippen molar-refractivity contribution in [1.82, 2.24) is 9.71 Å². The summed E-state index contributed by atoms with van der Waals surface area (Å²) in [6.45, 7) is 1.35. The summed E-state index contributed by atoms with van der Waals surface area (Å²) in [7, 11) is -3.75. The van der Waals surface area contributed by atoms with Gasteiger partial charge in [-0.1, -0.05) is 0 Å². The summed E-state index contributed by atoms with van der Waals surface area (Å²) in [5, 5.41) is 8.90. The van der Waals surface area contributed by atoms with Crippen LogP contribution in [0.1, 0.15) is 21.9 Å². The molecule has 2 rings (SSSR count). The maximum atomic E-state index is 12.1. The van der Waals surface area contributed by atoms with Crippen LogP contribution in [-0.2, 0) is 16.6 Å². The number of aromatic carboxylic acids is 1. The monoisotopic (exact) mass is 374 g/mol. The number of halogens is 1. The number of carbonyl (C=O) groups is 1. The van der Waals surface area contributed by atoms with E-state index in [0.29, 0.717) is 4.47 Å². The second-order valence-corrected chi connectivity index (χ2v) is 6.83. The number of aryl methyl sites for hydroxylation is 1. The molecule has 0 aromatic carbocycles. The molecule has 2 heterocycles. The molecule has 0 fully saturated rings. The predicted octanol–water partition coefficient (Wildman–Crippen LogP) is 1.92. The van der Waals surface area contributed by atoms with Crippen molar-refractivity contribution in [2.24, 2.45) is 0 Å². The van der Waals surface area contributed by atoms with E-state index in [-0.39, 0.29) is 28.5 Å². The van der Waals surface area contributed by atoms with Gasteiger partial charge in [0.05, 0.1) is 6.54 Å². The van der Waals surface area contributed by atoms with Gasteiger partial charge < -0.3 is 9.52 Å². The fourth-order valence-electron chi connectivity index (χ4n) is 1.63. The zero-order chi connectivity index (χ0) is 15.6. The molecule has 0 bridgehead atoms. The Morgan fingerprint density at radius 1 is 1.43 bits per heavy atom. The number of nitrogens with zero attached hydrogens (tertiary/aromatic N) is 1. The third-order valence-corrected chi connectivity index (χ3v) is 4.43. The number of rotatable bonds is 5. The van der Waals surface area contributed by atoms with Crippen molar-refractivity contribution in [2.75, 3.05) is 0 Å². The second kappa shape index (κ2) is 5.96. The van der Waals surface area contributed by atoms with Crippen LogP contribution in [0.2, 0.25) is 0 Å². The van der Waals surface area contributed by atoms with Gasteiger partial charge in [0, 0.05) is 16.9 Å². The first-order valence-corrected chi connectivity index (χ1v) is 8.00. The third-order valence-electron chi connectivity index (χ3n) is 2.63. The molecule has 0 amide bonds. The fourth-order valence-corrected chi connectivity index (χ4v) is 3.13. The van der Waals surface area contributed by atoms with E-state index in [4.69, 9.17) is 9.52 Å². The Kier molecular flexibility index (Phi) is 4.45. The molecule has 0 atom stereocenters. The third kappa shape index (κ3) is 3.69. The molecule has 2 N–H and O–H groups in total. The molecule has 0 aliphatic heterocycles. The van der Waals surface area contributed by atoms with Gasteiger partial charge in [-0.15, -0.1) is 0 Å². The molecule has 0 saturated carbocycles. The first-order chi connectivity index (χ1) is 9.79. The zero-order valence-corrected chi connectivity index (χ0v) is 13.2. The van der Waals surface area contributed by atoms with Crippen LogP contribution in [0.5, 0.6) is 0 Å². The van der Waals surface area contributed by atoms with Gasteiger partial charge >= 0.3 is 5.97 Å². The van der Waals surface area contributed by atoms with Crippen molar-refractivity contribution in [1.29, 1.82) is 0 Å². The van der Waals surface area contributed by atoms with Gasteiger partial charge in [-0.05, 0) is 35.0 Å². The van der Waals surface area contributed by atoms with Crippen LogP contribution in [0, 0.1) is 6.92 Å². The molecule has 0 aliphatic carbocycles. The van der Waals surface area contributed by atoms with Gasteiger partial charge in [0.2, 0.25) is 10.0 Å². The lowest BCUT2D eigenvalue weighted by atomic mass is 10.2. The maximum Gasteiger partial charge on any atom is 0.339 e. The zero-order valence-electron chi connectivity index (χ0n) is 10.8. The highest BCUT2D eigenvalue weighted by molar-refractivity contribution is 9.10. The average Bonchev–Trinajstić information content (AvgIpc) is 2.78. The van der Waals surface area contributed by atoms with Gasteiger partial charge in [-0.2, -0.15) is 0 Å². The number of nitrogens with one attached hydrogen (secondary N) is 1. The summed E-state index contributed by atoms with van der Waals surface area (Å²) < 4.78 is 32.2. The molecule has 0 spiro atoms. The molecule has 0 aliphatic rings. The van der Waals surface area contributed by atoms with Crippen molar-refractivity contribution >= 4 is 31.9 Å². The van der Waals surface area contributed by atoms with Crippen LogP contribution in [0.4, 0.5) is 0 Å². The molecular formula is C12H11BrN2O5S. The summed E-state index contributed by atoms with van der Waals surface area (Å²) in [5.41, 5.74) is 0.00770. The average molecular weight is 375 g/mol. The number of hydrogen-bond acceptors (Lipinski definition) is 5. The first kappa shape index (κ1) is 15.7. The fraction of sp³-hybridized carbons (Fsp3) is 0.167. The SMILES string of the molecule is Cc1oc(CNS(=O)(=O)c2cncc(Br)c2)cc1C(=O)O. The van der Waals surface area contributed by atoms with Gasteiger partial charge in [-0.3, -0.25) is 4.98 Å². The molecular weight excluding hydrogens is 364 g/mol. The number of carboxylic acids is 1. The summed E-state index contributed by atoms with van der Waals surface area (Å²) in [6, 6.07) is 2.70. The van der Waals surface area contributed by atoms with E-state index in [1.807, 2.05) is 0 Å². The molecule has 7 nitrogen and oxygen atoms in total. The van der Waals surface area contributed by atoms with Gasteiger partial charge in [0.25, 0.3) is 0 Å². The van der Waals surface area contributed by atoms with Crippen LogP contribution < -0.4 is 4.72 Å². The highest BCUT2D eigenvalue weighted by atomic mass is 79.9. The van der Waals surface area contributed by atoms with Crippen molar-refractivity contribution in [3.05, 3.63) is 46.1 Å². The van der Waals surface area contributed by atoms with E-state index in [1.165, 1.54) is 31.5 Å². The summed E-state index contributed by atoms with van der Waals surface area (Å²) >= 11 is 3.14. The van der Waals surface area contributed by atoms with E-state index in [0.717, 1.165) is 0 Å². The Bertz CT molecular complexity index is 785. The maximum absolute atomic E-state index is 12.1. The van der Waals surface area contributed by atoms with E-state index in [1.54, 1.807) is 0 Å². The van der Waals surface area contributed by atoms with Crippen LogP contribution in [0.15, 0.2) is 38.3 Å². The minimum atomic E-state index is -3.75. The molecule has 0 saturated heterocycles. The van der Waals surface area contributed by atoms with Crippen LogP contribution in [0.25, 0.3) is 0 Å². The summed E-state index contributed by atoms with van der Waals surface area (Å²) in [5.74, 6) is -0.682. The standard InChI is InChI=1S/C12H11BrN2O5S/c1-7-11(12(16)17)3-9(20-7)5-15-21(18,19)10-2-8(13)4-14-6-10/h2-4,6,15H,5H2,1H3,(H,16,17). The number of pyridine rings is 1. The molecule has 0 radical (unpaired) electrons. The van der Waals surface area contributed by atoms with E-state index >= 15 is 0 Å². The van der Waals surface area contributed by atoms with Crippen molar-refractivity contribution in [3.8, 4) is 0 Å². The van der Waals surface area contributed by atoms with Crippen LogP contribution in [-0.4, -0.2) is 24.5 Å². The van der Waals surface area contributed by atoms with Gasteiger partial charge in [0.15, 0.2) is 0 Å². The lowest BCUT2D eigenvalue weighted by Crippen LogP contribution is -2.23. The largest absolute Gasteiger partial charge is 0.478 e. The molecule has 112 valence electrons. The number of carboxylic acid groups (broad SMARTS) is 1. The highest BCUT2D eigenvalue weighted by Gasteiger charge is 2.18. The first-order valence-electron chi connectivity index (χ1n) is 5.72. The summed E-state index contributed by atoms with van der Waals surface area (Å²) in [6.07, 6.45) is 2.68. The smallest absolute Gasteiger partial charge is 0.339 e. The predicted molar refractivity (Wildman–Crippen MR) is 76.4 cm³/mol. The Morgan fingerprint density at radius 3 is 2.71 bits per heavy atom. The quantitative estimate of drug-likeness (QED) is 0.827. The van der Waals surface area contributed by atoms with Crippen molar-refractivity contribution in [2.45, 2.75) is 18.4 Å². The molecule has 2 aromatic heterocycles. The topological polar surface area (TPSA) is 110 Å². The van der Waals surface area contributed by atoms with Crippen LogP contribution >= 0.6 is 15.9 Å². The number of sulfonamides is 1.